The maximum absolute atomic E-state index is 11.0. The molecule has 0 saturated heterocycles. The van der Waals surface area contributed by atoms with Crippen molar-refractivity contribution in [1.29, 1.82) is 0 Å². The minimum Gasteiger partial charge on any atom is -0.366 e. The summed E-state index contributed by atoms with van der Waals surface area (Å²) in [5.74, 6) is -0.316. The molecular weight excluding hydrogens is 188 g/mol. The summed E-state index contributed by atoms with van der Waals surface area (Å²) in [6.07, 6.45) is 4.19. The van der Waals surface area contributed by atoms with Gasteiger partial charge in [-0.25, -0.2) is 0 Å². The Labute approximate surface area is 93.3 Å². The van der Waals surface area contributed by atoms with E-state index < -0.39 is 0 Å². The second-order valence-corrected chi connectivity index (χ2v) is 3.79. The number of hydrogen-bond acceptors (Lipinski definition) is 2. The smallest absolute Gasteiger partial charge is 0.244 e. The van der Waals surface area contributed by atoms with Crippen LogP contribution in [0.3, 0.4) is 0 Å². The van der Waals surface area contributed by atoms with Crippen LogP contribution < -0.4 is 5.73 Å². The fourth-order valence-electron chi connectivity index (χ4n) is 1.73. The van der Waals surface area contributed by atoms with Crippen molar-refractivity contribution in [3.8, 4) is 0 Å². The van der Waals surface area contributed by atoms with Crippen molar-refractivity contribution in [2.24, 2.45) is 5.73 Å². The number of carbonyl (C=O) groups is 1. The average molecular weight is 212 g/mol. The van der Waals surface area contributed by atoms with Crippen LogP contribution in [0.25, 0.3) is 0 Å². The number of nitrogens with two attached hydrogens (primary N) is 1. The van der Waals surface area contributed by atoms with Crippen LogP contribution in [0.15, 0.2) is 11.6 Å². The Morgan fingerprint density at radius 2 is 1.87 bits per heavy atom. The van der Waals surface area contributed by atoms with Crippen molar-refractivity contribution in [3.05, 3.63) is 11.6 Å². The molecule has 0 aromatic carbocycles. The fourth-order valence-corrected chi connectivity index (χ4v) is 1.73. The summed E-state index contributed by atoms with van der Waals surface area (Å²) < 4.78 is 0. The van der Waals surface area contributed by atoms with Gasteiger partial charge in [-0.1, -0.05) is 33.3 Å². The first-order chi connectivity index (χ1) is 7.06. The molecule has 0 aromatic rings. The van der Waals surface area contributed by atoms with Gasteiger partial charge in [0.15, 0.2) is 0 Å². The van der Waals surface area contributed by atoms with Gasteiger partial charge in [-0.15, -0.1) is 0 Å². The molecule has 0 aromatic heterocycles. The molecule has 0 saturated carbocycles. The molecule has 88 valence electrons. The molecule has 0 spiro atoms. The highest BCUT2D eigenvalue weighted by molar-refractivity contribution is 5.91. The molecule has 0 radical (unpaired) electrons. The van der Waals surface area contributed by atoms with Crippen molar-refractivity contribution in [3.63, 3.8) is 0 Å². The van der Waals surface area contributed by atoms with Gasteiger partial charge < -0.3 is 5.73 Å². The first-order valence-electron chi connectivity index (χ1n) is 5.79. The van der Waals surface area contributed by atoms with Crippen LogP contribution in [0.5, 0.6) is 0 Å². The molecule has 15 heavy (non-hydrogen) atoms. The second-order valence-electron chi connectivity index (χ2n) is 3.79. The molecule has 0 fully saturated rings. The molecule has 0 bridgehead atoms. The van der Waals surface area contributed by atoms with E-state index in [1.165, 1.54) is 0 Å². The van der Waals surface area contributed by atoms with Crippen LogP contribution in [0.1, 0.15) is 40.5 Å². The molecule has 3 heteroatoms. The maximum atomic E-state index is 11.0. The topological polar surface area (TPSA) is 46.3 Å². The van der Waals surface area contributed by atoms with Gasteiger partial charge in [-0.3, -0.25) is 9.69 Å². The molecule has 2 N–H and O–H groups in total. The highest BCUT2D eigenvalue weighted by Crippen LogP contribution is 2.10. The molecular formula is C12H24N2O. The lowest BCUT2D eigenvalue weighted by Gasteiger charge is -2.27. The van der Waals surface area contributed by atoms with Crippen LogP contribution in [0.2, 0.25) is 0 Å². The van der Waals surface area contributed by atoms with Gasteiger partial charge in [0, 0.05) is 11.6 Å². The van der Waals surface area contributed by atoms with E-state index in [0.29, 0.717) is 11.6 Å². The van der Waals surface area contributed by atoms with E-state index >= 15 is 0 Å². The lowest BCUT2D eigenvalue weighted by Crippen LogP contribution is -2.34. The number of amides is 1. The lowest BCUT2D eigenvalue weighted by atomic mass is 10.1. The first kappa shape index (κ1) is 14.2. The third kappa shape index (κ3) is 4.98. The highest BCUT2D eigenvalue weighted by atomic mass is 16.1. The van der Waals surface area contributed by atoms with Crippen LogP contribution in [-0.2, 0) is 4.79 Å². The molecule has 1 atom stereocenters. The second kappa shape index (κ2) is 7.46. The van der Waals surface area contributed by atoms with Gasteiger partial charge in [-0.05, 0) is 26.4 Å². The van der Waals surface area contributed by atoms with E-state index in [-0.39, 0.29) is 5.91 Å². The fraction of sp³-hybridized carbons (Fsp3) is 0.750. The number of likely N-dealkylation sites (N-methyl/N-ethyl adjacent to an activating group) is 1. The van der Waals surface area contributed by atoms with E-state index in [1.54, 1.807) is 6.92 Å². The minimum atomic E-state index is -0.316. The summed E-state index contributed by atoms with van der Waals surface area (Å²) in [6, 6.07) is 0.345. The zero-order valence-electron chi connectivity index (χ0n) is 10.4. The normalized spacial score (nSPS) is 14.3. The Kier molecular flexibility index (Phi) is 7.05. The number of hydrogen-bond donors (Lipinski definition) is 1. The van der Waals surface area contributed by atoms with Crippen LogP contribution in [-0.4, -0.2) is 29.9 Å². The Balaban J connectivity index is 4.64. The van der Waals surface area contributed by atoms with Crippen molar-refractivity contribution < 1.29 is 4.79 Å². The molecule has 0 aliphatic heterocycles. The third-order valence-corrected chi connectivity index (χ3v) is 2.70. The minimum absolute atomic E-state index is 0.316. The molecule has 0 aliphatic rings. The van der Waals surface area contributed by atoms with Crippen LogP contribution >= 0.6 is 0 Å². The molecule has 1 amide bonds. The summed E-state index contributed by atoms with van der Waals surface area (Å²) in [7, 11) is 0. The predicted molar refractivity (Wildman–Crippen MR) is 64.6 cm³/mol. The Morgan fingerprint density at radius 1 is 1.33 bits per heavy atom. The lowest BCUT2D eigenvalue weighted by molar-refractivity contribution is -0.114. The van der Waals surface area contributed by atoms with E-state index in [4.69, 9.17) is 5.73 Å². The van der Waals surface area contributed by atoms with Gasteiger partial charge in [0.25, 0.3) is 0 Å². The zero-order chi connectivity index (χ0) is 11.8. The molecule has 0 heterocycles. The third-order valence-electron chi connectivity index (χ3n) is 2.70. The zero-order valence-corrected chi connectivity index (χ0v) is 10.4. The SMILES string of the molecule is CCCC(/C=C(\C)C(N)=O)N(CC)CC. The van der Waals surface area contributed by atoms with E-state index in [2.05, 4.69) is 25.7 Å². The predicted octanol–water partition coefficient (Wildman–Crippen LogP) is 1.93. The van der Waals surface area contributed by atoms with Crippen molar-refractivity contribution in [2.45, 2.75) is 46.6 Å². The van der Waals surface area contributed by atoms with Crippen molar-refractivity contribution >= 4 is 5.91 Å². The number of rotatable bonds is 7. The summed E-state index contributed by atoms with van der Waals surface area (Å²) in [4.78, 5) is 13.3. The van der Waals surface area contributed by atoms with E-state index in [0.717, 1.165) is 25.9 Å². The Morgan fingerprint density at radius 3 is 2.20 bits per heavy atom. The summed E-state index contributed by atoms with van der Waals surface area (Å²) in [6.45, 7) is 10.2. The van der Waals surface area contributed by atoms with Gasteiger partial charge in [0.2, 0.25) is 5.91 Å². The average Bonchev–Trinajstić information content (AvgIpc) is 2.19. The van der Waals surface area contributed by atoms with Gasteiger partial charge >= 0.3 is 0 Å². The highest BCUT2D eigenvalue weighted by Gasteiger charge is 2.13. The number of primary amides is 1. The van der Waals surface area contributed by atoms with Gasteiger partial charge in [0.1, 0.15) is 0 Å². The quantitative estimate of drug-likeness (QED) is 0.655. The monoisotopic (exact) mass is 212 g/mol. The molecule has 3 nitrogen and oxygen atoms in total. The molecule has 0 rings (SSSR count). The molecule has 1 unspecified atom stereocenters. The standard InChI is InChI=1S/C12H24N2O/c1-5-8-11(14(6-2)7-3)9-10(4)12(13)15/h9,11H,5-8H2,1-4H3,(H2,13,15)/b10-9+. The largest absolute Gasteiger partial charge is 0.366 e. The number of carbonyl (C=O) groups excluding carboxylic acids is 1. The van der Waals surface area contributed by atoms with Crippen LogP contribution in [0.4, 0.5) is 0 Å². The summed E-state index contributed by atoms with van der Waals surface area (Å²) >= 11 is 0. The first-order valence-corrected chi connectivity index (χ1v) is 5.79. The Hall–Kier alpha value is -0.830. The maximum Gasteiger partial charge on any atom is 0.244 e. The van der Waals surface area contributed by atoms with E-state index in [1.807, 2.05) is 6.08 Å². The molecule has 0 aliphatic carbocycles. The van der Waals surface area contributed by atoms with E-state index in [9.17, 15) is 4.79 Å². The van der Waals surface area contributed by atoms with Crippen molar-refractivity contribution in [2.75, 3.05) is 13.1 Å². The summed E-state index contributed by atoms with van der Waals surface area (Å²) in [5, 5.41) is 0. The van der Waals surface area contributed by atoms with Gasteiger partial charge in [0.05, 0.1) is 0 Å². The van der Waals surface area contributed by atoms with Crippen molar-refractivity contribution in [1.82, 2.24) is 4.90 Å². The summed E-state index contributed by atoms with van der Waals surface area (Å²) in [5.41, 5.74) is 5.90. The van der Waals surface area contributed by atoms with Crippen LogP contribution in [0, 0.1) is 0 Å². The number of nitrogens with zero attached hydrogens (tertiary/aromatic N) is 1. The Bertz CT molecular complexity index is 220. The van der Waals surface area contributed by atoms with Gasteiger partial charge in [-0.2, -0.15) is 0 Å².